The molecule has 0 aromatic heterocycles. The highest BCUT2D eigenvalue weighted by Gasteiger charge is 2.12. The minimum atomic E-state index is -0.175. The van der Waals surface area contributed by atoms with Gasteiger partial charge in [-0.15, -0.1) is 0 Å². The van der Waals surface area contributed by atoms with Gasteiger partial charge in [0.25, 0.3) is 5.91 Å². The number of ether oxygens (including phenoxy) is 1. The first-order valence-electron chi connectivity index (χ1n) is 9.21. The smallest absolute Gasteiger partial charge is 0.259 e. The van der Waals surface area contributed by atoms with E-state index in [0.29, 0.717) is 17.9 Å². The van der Waals surface area contributed by atoms with Gasteiger partial charge < -0.3 is 15.4 Å². The molecule has 0 atom stereocenters. The maximum Gasteiger partial charge on any atom is 0.259 e. The minimum absolute atomic E-state index is 0.175. The molecule has 0 aliphatic carbocycles. The molecule has 4 nitrogen and oxygen atoms in total. The third kappa shape index (κ3) is 5.35. The summed E-state index contributed by atoms with van der Waals surface area (Å²) in [6, 6.07) is 24.9. The highest BCUT2D eigenvalue weighted by atomic mass is 16.5. The quantitative estimate of drug-likeness (QED) is 0.495. The van der Waals surface area contributed by atoms with Crippen molar-refractivity contribution in [3.63, 3.8) is 0 Å². The van der Waals surface area contributed by atoms with E-state index >= 15 is 0 Å². The monoisotopic (exact) mass is 360 g/mol. The normalized spacial score (nSPS) is 10.3. The molecular formula is C23H24N2O2. The van der Waals surface area contributed by atoms with E-state index in [9.17, 15) is 4.79 Å². The number of benzene rings is 3. The van der Waals surface area contributed by atoms with Crippen molar-refractivity contribution in [2.45, 2.75) is 19.8 Å². The molecule has 3 aromatic rings. The van der Waals surface area contributed by atoms with Crippen LogP contribution >= 0.6 is 0 Å². The van der Waals surface area contributed by atoms with Crippen LogP contribution in [0.3, 0.4) is 0 Å². The summed E-state index contributed by atoms with van der Waals surface area (Å²) in [4.78, 5) is 12.6. The Morgan fingerprint density at radius 2 is 1.44 bits per heavy atom. The summed E-state index contributed by atoms with van der Waals surface area (Å²) < 4.78 is 5.75. The molecule has 1 amide bonds. The number of rotatable bonds is 8. The Kier molecular flexibility index (Phi) is 6.47. The Hall–Kier alpha value is -3.27. The summed E-state index contributed by atoms with van der Waals surface area (Å²) in [6.45, 7) is 2.72. The summed E-state index contributed by atoms with van der Waals surface area (Å²) in [6.07, 6.45) is 2.02. The molecule has 3 aromatic carbocycles. The molecule has 4 heteroatoms. The molecule has 0 unspecified atom stereocenters. The third-order valence-corrected chi connectivity index (χ3v) is 4.09. The van der Waals surface area contributed by atoms with Gasteiger partial charge in [0.2, 0.25) is 0 Å². The number of amides is 1. The zero-order valence-corrected chi connectivity index (χ0v) is 15.4. The van der Waals surface area contributed by atoms with Crippen molar-refractivity contribution < 1.29 is 9.53 Å². The van der Waals surface area contributed by atoms with Crippen molar-refractivity contribution in [2.24, 2.45) is 0 Å². The van der Waals surface area contributed by atoms with Gasteiger partial charge in [0, 0.05) is 17.1 Å². The van der Waals surface area contributed by atoms with Crippen LogP contribution < -0.4 is 15.4 Å². The molecule has 27 heavy (non-hydrogen) atoms. The van der Waals surface area contributed by atoms with E-state index in [2.05, 4.69) is 17.6 Å². The van der Waals surface area contributed by atoms with Crippen LogP contribution in [0.15, 0.2) is 78.9 Å². The molecule has 0 radical (unpaired) electrons. The Morgan fingerprint density at radius 1 is 0.815 bits per heavy atom. The number of hydrogen-bond donors (Lipinski definition) is 2. The fraction of sp³-hybridized carbons (Fsp3) is 0.174. The Balaban J connectivity index is 1.64. The van der Waals surface area contributed by atoms with Crippen LogP contribution in [0.1, 0.15) is 30.1 Å². The van der Waals surface area contributed by atoms with E-state index in [0.717, 1.165) is 29.9 Å². The molecule has 0 aliphatic rings. The lowest BCUT2D eigenvalue weighted by Gasteiger charge is -2.12. The van der Waals surface area contributed by atoms with Crippen LogP contribution in [-0.4, -0.2) is 12.5 Å². The number of anilines is 3. The second-order valence-corrected chi connectivity index (χ2v) is 6.22. The lowest BCUT2D eigenvalue weighted by atomic mass is 10.1. The van der Waals surface area contributed by atoms with E-state index in [1.807, 2.05) is 72.8 Å². The molecule has 0 aliphatic heterocycles. The molecule has 0 spiro atoms. The van der Waals surface area contributed by atoms with E-state index in [-0.39, 0.29) is 5.91 Å². The largest absolute Gasteiger partial charge is 0.493 e. The summed E-state index contributed by atoms with van der Waals surface area (Å²) in [7, 11) is 0. The number of unbranched alkanes of at least 4 members (excludes halogenated alkanes) is 1. The molecule has 0 saturated heterocycles. The molecular weight excluding hydrogens is 336 g/mol. The van der Waals surface area contributed by atoms with E-state index in [1.165, 1.54) is 0 Å². The van der Waals surface area contributed by atoms with Gasteiger partial charge in [0.15, 0.2) is 0 Å². The first-order chi connectivity index (χ1) is 13.3. The van der Waals surface area contributed by atoms with Crippen LogP contribution in [0.5, 0.6) is 5.75 Å². The van der Waals surface area contributed by atoms with Gasteiger partial charge in [-0.2, -0.15) is 0 Å². The molecule has 138 valence electrons. The fourth-order valence-corrected chi connectivity index (χ4v) is 2.63. The molecule has 0 saturated carbocycles. The fourth-order valence-electron chi connectivity index (χ4n) is 2.63. The predicted molar refractivity (Wildman–Crippen MR) is 111 cm³/mol. The predicted octanol–water partition coefficient (Wildman–Crippen LogP) is 5.86. The van der Waals surface area contributed by atoms with Gasteiger partial charge in [-0.1, -0.05) is 43.7 Å². The van der Waals surface area contributed by atoms with Crippen molar-refractivity contribution in [1.82, 2.24) is 0 Å². The highest BCUT2D eigenvalue weighted by Crippen LogP contribution is 2.22. The zero-order chi connectivity index (χ0) is 18.9. The number of carbonyl (C=O) groups excluding carboxylic acids is 1. The minimum Gasteiger partial charge on any atom is -0.493 e. The van der Waals surface area contributed by atoms with E-state index in [1.54, 1.807) is 6.07 Å². The van der Waals surface area contributed by atoms with Crippen LogP contribution in [0.2, 0.25) is 0 Å². The number of carbonyl (C=O) groups is 1. The summed E-state index contributed by atoms with van der Waals surface area (Å²) >= 11 is 0. The maximum atomic E-state index is 12.6. The molecule has 0 bridgehead atoms. The highest BCUT2D eigenvalue weighted by molar-refractivity contribution is 6.06. The zero-order valence-electron chi connectivity index (χ0n) is 15.4. The lowest BCUT2D eigenvalue weighted by Crippen LogP contribution is -2.14. The van der Waals surface area contributed by atoms with Gasteiger partial charge in [-0.3, -0.25) is 4.79 Å². The van der Waals surface area contributed by atoms with Gasteiger partial charge in [-0.25, -0.2) is 0 Å². The van der Waals surface area contributed by atoms with E-state index < -0.39 is 0 Å². The van der Waals surface area contributed by atoms with Gasteiger partial charge in [0.1, 0.15) is 5.75 Å². The van der Waals surface area contributed by atoms with Gasteiger partial charge >= 0.3 is 0 Å². The van der Waals surface area contributed by atoms with Crippen LogP contribution in [-0.2, 0) is 0 Å². The topological polar surface area (TPSA) is 50.4 Å². The van der Waals surface area contributed by atoms with Crippen molar-refractivity contribution in [3.8, 4) is 5.75 Å². The van der Waals surface area contributed by atoms with E-state index in [4.69, 9.17) is 4.74 Å². The third-order valence-electron chi connectivity index (χ3n) is 4.09. The summed E-state index contributed by atoms with van der Waals surface area (Å²) in [5.41, 5.74) is 3.26. The SMILES string of the molecule is CCCCOc1ccccc1C(=O)Nc1ccc(Nc2ccccc2)cc1. The molecule has 3 rings (SSSR count). The van der Waals surface area contributed by atoms with Crippen LogP contribution in [0, 0.1) is 0 Å². The second-order valence-electron chi connectivity index (χ2n) is 6.22. The van der Waals surface area contributed by atoms with Crippen LogP contribution in [0.25, 0.3) is 0 Å². The molecule has 0 fully saturated rings. The lowest BCUT2D eigenvalue weighted by molar-refractivity contribution is 0.102. The second kappa shape index (κ2) is 9.43. The Labute approximate surface area is 160 Å². The summed E-state index contributed by atoms with van der Waals surface area (Å²) in [5, 5.41) is 6.25. The average Bonchev–Trinajstić information content (AvgIpc) is 2.71. The summed E-state index contributed by atoms with van der Waals surface area (Å²) in [5.74, 6) is 0.441. The molecule has 0 heterocycles. The Morgan fingerprint density at radius 3 is 2.19 bits per heavy atom. The average molecular weight is 360 g/mol. The van der Waals surface area contributed by atoms with Gasteiger partial charge in [0.05, 0.1) is 12.2 Å². The van der Waals surface area contributed by atoms with Crippen molar-refractivity contribution >= 4 is 23.0 Å². The Bertz CT molecular complexity index is 861. The van der Waals surface area contributed by atoms with Crippen molar-refractivity contribution in [1.29, 1.82) is 0 Å². The van der Waals surface area contributed by atoms with Crippen molar-refractivity contribution in [2.75, 3.05) is 17.2 Å². The first kappa shape index (κ1) is 18.5. The number of nitrogens with one attached hydrogen (secondary N) is 2. The standard InChI is InChI=1S/C23H24N2O2/c1-2-3-17-27-22-12-8-7-11-21(22)23(26)25-20-15-13-19(14-16-20)24-18-9-5-4-6-10-18/h4-16,24H,2-3,17H2,1H3,(H,25,26). The molecule has 2 N–H and O–H groups in total. The van der Waals surface area contributed by atoms with Crippen LogP contribution in [0.4, 0.5) is 17.1 Å². The first-order valence-corrected chi connectivity index (χ1v) is 9.21. The number of hydrogen-bond acceptors (Lipinski definition) is 3. The number of para-hydroxylation sites is 2. The van der Waals surface area contributed by atoms with Crippen molar-refractivity contribution in [3.05, 3.63) is 84.4 Å². The maximum absolute atomic E-state index is 12.6. The van der Waals surface area contributed by atoms with Gasteiger partial charge in [-0.05, 0) is 55.0 Å².